The zero-order valence-electron chi connectivity index (χ0n) is 15.7. The van der Waals surface area contributed by atoms with Gasteiger partial charge in [-0.25, -0.2) is 9.37 Å². The molecule has 0 aliphatic carbocycles. The quantitative estimate of drug-likeness (QED) is 0.657. The molecule has 0 spiro atoms. The van der Waals surface area contributed by atoms with E-state index in [1.165, 1.54) is 6.07 Å². The van der Waals surface area contributed by atoms with Gasteiger partial charge in [-0.2, -0.15) is 0 Å². The number of carbonyl (C=O) groups is 1. The second kappa shape index (κ2) is 9.71. The lowest BCUT2D eigenvalue weighted by Gasteiger charge is -2.35. The normalized spacial score (nSPS) is 14.8. The topological polar surface area (TPSA) is 54.9 Å². The van der Waals surface area contributed by atoms with E-state index in [-0.39, 0.29) is 12.6 Å². The molecule has 1 aliphatic heterocycles. The first-order valence-electron chi connectivity index (χ1n) is 9.21. The summed E-state index contributed by atoms with van der Waals surface area (Å²) in [5, 5.41) is 0.348. The molecule has 1 aromatic carbocycles. The van der Waals surface area contributed by atoms with Crippen LogP contribution in [0.25, 0.3) is 0 Å². The molecule has 3 rings (SSSR count). The summed E-state index contributed by atoms with van der Waals surface area (Å²) >= 11 is 5.79. The molecule has 0 atom stereocenters. The van der Waals surface area contributed by atoms with E-state index < -0.39 is 5.82 Å². The van der Waals surface area contributed by atoms with Gasteiger partial charge in [-0.1, -0.05) is 17.7 Å². The van der Waals surface area contributed by atoms with Crippen molar-refractivity contribution in [2.45, 2.75) is 13.5 Å². The third kappa shape index (κ3) is 5.33. The summed E-state index contributed by atoms with van der Waals surface area (Å²) in [6.45, 7) is 5.49. The van der Waals surface area contributed by atoms with Crippen molar-refractivity contribution in [3.8, 4) is 5.88 Å². The van der Waals surface area contributed by atoms with Gasteiger partial charge in [0.1, 0.15) is 12.4 Å². The second-order valence-electron chi connectivity index (χ2n) is 6.42. The zero-order valence-corrected chi connectivity index (χ0v) is 16.5. The molecule has 0 amide bonds. The van der Waals surface area contributed by atoms with E-state index in [1.54, 1.807) is 25.3 Å². The first-order valence-corrected chi connectivity index (χ1v) is 9.59. The SMILES string of the molecule is CCOC(=O)CN1CCN(c2cccnc2OCc2ccc(Cl)cc2F)CC1. The number of piperazine rings is 1. The number of rotatable bonds is 7. The van der Waals surface area contributed by atoms with E-state index in [4.69, 9.17) is 21.1 Å². The predicted molar refractivity (Wildman–Crippen MR) is 105 cm³/mol. The van der Waals surface area contributed by atoms with Crippen LogP contribution in [0, 0.1) is 5.82 Å². The van der Waals surface area contributed by atoms with Crippen LogP contribution in [0.1, 0.15) is 12.5 Å². The van der Waals surface area contributed by atoms with Gasteiger partial charge in [0.2, 0.25) is 5.88 Å². The number of benzene rings is 1. The lowest BCUT2D eigenvalue weighted by atomic mass is 10.2. The van der Waals surface area contributed by atoms with E-state index in [9.17, 15) is 9.18 Å². The maximum Gasteiger partial charge on any atom is 0.320 e. The predicted octanol–water partition coefficient (Wildman–Crippen LogP) is 3.14. The van der Waals surface area contributed by atoms with E-state index in [2.05, 4.69) is 14.8 Å². The smallest absolute Gasteiger partial charge is 0.320 e. The Labute approximate surface area is 168 Å². The zero-order chi connectivity index (χ0) is 19.9. The van der Waals surface area contributed by atoms with Gasteiger partial charge in [-0.3, -0.25) is 9.69 Å². The van der Waals surface area contributed by atoms with Gasteiger partial charge in [-0.15, -0.1) is 0 Å². The van der Waals surface area contributed by atoms with E-state index >= 15 is 0 Å². The molecule has 2 heterocycles. The first-order chi connectivity index (χ1) is 13.6. The maximum atomic E-state index is 14.0. The summed E-state index contributed by atoms with van der Waals surface area (Å²) in [5.41, 5.74) is 1.27. The number of esters is 1. The summed E-state index contributed by atoms with van der Waals surface area (Å²) in [6.07, 6.45) is 1.65. The van der Waals surface area contributed by atoms with Crippen LogP contribution in [-0.4, -0.2) is 55.2 Å². The van der Waals surface area contributed by atoms with Crippen LogP contribution in [-0.2, 0) is 16.1 Å². The van der Waals surface area contributed by atoms with Crippen molar-refractivity contribution in [1.29, 1.82) is 0 Å². The molecule has 1 saturated heterocycles. The van der Waals surface area contributed by atoms with Gasteiger partial charge in [0, 0.05) is 43.0 Å². The minimum atomic E-state index is -0.405. The fourth-order valence-electron chi connectivity index (χ4n) is 3.06. The summed E-state index contributed by atoms with van der Waals surface area (Å²) in [6, 6.07) is 8.28. The number of nitrogens with zero attached hydrogens (tertiary/aromatic N) is 3. The lowest BCUT2D eigenvalue weighted by molar-refractivity contribution is -0.144. The number of pyridine rings is 1. The Morgan fingerprint density at radius 2 is 2.04 bits per heavy atom. The van der Waals surface area contributed by atoms with Crippen molar-refractivity contribution in [2.24, 2.45) is 0 Å². The number of anilines is 1. The van der Waals surface area contributed by atoms with E-state index in [0.717, 1.165) is 31.9 Å². The second-order valence-corrected chi connectivity index (χ2v) is 6.86. The van der Waals surface area contributed by atoms with Gasteiger partial charge in [0.15, 0.2) is 0 Å². The molecule has 28 heavy (non-hydrogen) atoms. The molecular weight excluding hydrogens is 385 g/mol. The average Bonchev–Trinajstić information content (AvgIpc) is 2.68. The highest BCUT2D eigenvalue weighted by Crippen LogP contribution is 2.27. The molecule has 0 bridgehead atoms. The fourth-order valence-corrected chi connectivity index (χ4v) is 3.21. The van der Waals surface area contributed by atoms with Crippen molar-refractivity contribution >= 4 is 23.3 Å². The summed E-state index contributed by atoms with van der Waals surface area (Å²) in [4.78, 5) is 20.2. The minimum absolute atomic E-state index is 0.0653. The standard InChI is InChI=1S/C20H23ClFN3O3/c1-2-27-19(26)13-24-8-10-25(11-9-24)18-4-3-7-23-20(18)28-14-15-5-6-16(21)12-17(15)22/h3-7,12H,2,8-11,13-14H2,1H3. The van der Waals surface area contributed by atoms with Gasteiger partial charge in [-0.05, 0) is 31.2 Å². The number of hydrogen-bond acceptors (Lipinski definition) is 6. The Kier molecular flexibility index (Phi) is 7.06. The monoisotopic (exact) mass is 407 g/mol. The Bertz CT molecular complexity index is 813. The van der Waals surface area contributed by atoms with Crippen molar-refractivity contribution in [3.63, 3.8) is 0 Å². The molecule has 1 aliphatic rings. The summed E-state index contributed by atoms with van der Waals surface area (Å²) in [7, 11) is 0. The fraction of sp³-hybridized carbons (Fsp3) is 0.400. The Hall–Kier alpha value is -2.38. The third-order valence-corrected chi connectivity index (χ3v) is 4.74. The number of hydrogen-bond donors (Lipinski definition) is 0. The van der Waals surface area contributed by atoms with Gasteiger partial charge in [0.25, 0.3) is 0 Å². The molecule has 0 N–H and O–H groups in total. The highest BCUT2D eigenvalue weighted by atomic mass is 35.5. The van der Waals surface area contributed by atoms with Gasteiger partial charge >= 0.3 is 5.97 Å². The van der Waals surface area contributed by atoms with Crippen LogP contribution in [0.5, 0.6) is 5.88 Å². The molecule has 6 nitrogen and oxygen atoms in total. The van der Waals surface area contributed by atoms with Crippen LogP contribution in [0.4, 0.5) is 10.1 Å². The molecule has 0 unspecified atom stereocenters. The van der Waals surface area contributed by atoms with E-state index in [0.29, 0.717) is 29.6 Å². The maximum absolute atomic E-state index is 14.0. The molecule has 0 saturated carbocycles. The van der Waals surface area contributed by atoms with Crippen LogP contribution >= 0.6 is 11.6 Å². The largest absolute Gasteiger partial charge is 0.471 e. The lowest BCUT2D eigenvalue weighted by Crippen LogP contribution is -2.48. The molecule has 1 fully saturated rings. The Morgan fingerprint density at radius 3 is 2.75 bits per heavy atom. The number of ether oxygens (including phenoxy) is 2. The summed E-state index contributed by atoms with van der Waals surface area (Å²) in [5.74, 6) is -0.153. The Morgan fingerprint density at radius 1 is 1.25 bits per heavy atom. The summed E-state index contributed by atoms with van der Waals surface area (Å²) < 4.78 is 24.8. The highest BCUT2D eigenvalue weighted by Gasteiger charge is 2.22. The number of aromatic nitrogens is 1. The Balaban J connectivity index is 1.60. The van der Waals surface area contributed by atoms with Crippen LogP contribution < -0.4 is 9.64 Å². The first kappa shape index (κ1) is 20.4. The average molecular weight is 408 g/mol. The molecule has 0 radical (unpaired) electrons. The van der Waals surface area contributed by atoms with Gasteiger partial charge in [0.05, 0.1) is 18.8 Å². The van der Waals surface area contributed by atoms with E-state index in [1.807, 2.05) is 12.1 Å². The van der Waals surface area contributed by atoms with Crippen LogP contribution in [0.15, 0.2) is 36.5 Å². The van der Waals surface area contributed by atoms with Crippen LogP contribution in [0.2, 0.25) is 5.02 Å². The molecular formula is C20H23ClFN3O3. The number of halogens is 2. The van der Waals surface area contributed by atoms with Crippen molar-refractivity contribution < 1.29 is 18.7 Å². The van der Waals surface area contributed by atoms with Crippen LogP contribution in [0.3, 0.4) is 0 Å². The van der Waals surface area contributed by atoms with Crippen molar-refractivity contribution in [1.82, 2.24) is 9.88 Å². The molecule has 8 heteroatoms. The third-order valence-electron chi connectivity index (χ3n) is 4.50. The molecule has 1 aromatic heterocycles. The van der Waals surface area contributed by atoms with Crippen molar-refractivity contribution in [3.05, 3.63) is 52.9 Å². The highest BCUT2D eigenvalue weighted by molar-refractivity contribution is 6.30. The molecule has 2 aromatic rings. The van der Waals surface area contributed by atoms with Gasteiger partial charge < -0.3 is 14.4 Å². The minimum Gasteiger partial charge on any atom is -0.471 e. The molecule has 150 valence electrons. The van der Waals surface area contributed by atoms with Crippen molar-refractivity contribution in [2.75, 3.05) is 44.2 Å². The number of carbonyl (C=O) groups excluding carboxylic acids is 1.